The summed E-state index contributed by atoms with van der Waals surface area (Å²) < 4.78 is 1.62. The van der Waals surface area contributed by atoms with Crippen LogP contribution in [0.25, 0.3) is 5.69 Å². The Morgan fingerprint density at radius 1 is 1.27 bits per heavy atom. The maximum atomic E-state index is 12.4. The molecular weight excluding hydrogens is 358 g/mol. The first-order chi connectivity index (χ1) is 12.5. The van der Waals surface area contributed by atoms with Gasteiger partial charge in [-0.25, -0.2) is 9.67 Å². The molecule has 1 heterocycles. The molecule has 3 rings (SSSR count). The van der Waals surface area contributed by atoms with Crippen molar-refractivity contribution in [2.75, 3.05) is 0 Å². The van der Waals surface area contributed by atoms with E-state index >= 15 is 0 Å². The molecule has 0 spiro atoms. The van der Waals surface area contributed by atoms with Crippen LogP contribution in [0.3, 0.4) is 0 Å². The van der Waals surface area contributed by atoms with E-state index in [1.807, 2.05) is 24.3 Å². The lowest BCUT2D eigenvalue weighted by atomic mass is 10.1. The summed E-state index contributed by atoms with van der Waals surface area (Å²) in [5.74, 6) is -0.541. The molecule has 0 fully saturated rings. The maximum absolute atomic E-state index is 12.4. The SMILES string of the molecule is CC(NC(=O)c1ccc(Cl)cc1[N+](=O)[O-])c1ccc(-n2cncn2)cc1. The summed E-state index contributed by atoms with van der Waals surface area (Å²) in [6.07, 6.45) is 3.02. The summed E-state index contributed by atoms with van der Waals surface area (Å²) in [6.45, 7) is 1.80. The zero-order valence-electron chi connectivity index (χ0n) is 13.7. The van der Waals surface area contributed by atoms with Gasteiger partial charge in [-0.05, 0) is 36.8 Å². The van der Waals surface area contributed by atoms with Crippen molar-refractivity contribution in [3.8, 4) is 5.69 Å². The van der Waals surface area contributed by atoms with Gasteiger partial charge in [0, 0.05) is 11.1 Å². The van der Waals surface area contributed by atoms with E-state index < -0.39 is 10.8 Å². The minimum absolute atomic E-state index is 0.0366. The average Bonchev–Trinajstić information content (AvgIpc) is 3.16. The molecule has 0 saturated heterocycles. The van der Waals surface area contributed by atoms with Gasteiger partial charge in [0.2, 0.25) is 0 Å². The number of hydrogen-bond acceptors (Lipinski definition) is 5. The fraction of sp³-hybridized carbons (Fsp3) is 0.118. The van der Waals surface area contributed by atoms with Crippen LogP contribution in [0.15, 0.2) is 55.1 Å². The Morgan fingerprint density at radius 3 is 2.62 bits per heavy atom. The summed E-state index contributed by atoms with van der Waals surface area (Å²) in [4.78, 5) is 26.8. The van der Waals surface area contributed by atoms with E-state index in [-0.39, 0.29) is 22.3 Å². The number of benzene rings is 2. The number of carbonyl (C=O) groups excluding carboxylic acids is 1. The molecule has 3 aromatic rings. The molecule has 1 amide bonds. The van der Waals surface area contributed by atoms with Crippen LogP contribution in [-0.4, -0.2) is 25.6 Å². The highest BCUT2D eigenvalue weighted by Crippen LogP contribution is 2.24. The first-order valence-electron chi connectivity index (χ1n) is 7.65. The molecule has 0 aliphatic carbocycles. The lowest BCUT2D eigenvalue weighted by molar-refractivity contribution is -0.385. The lowest BCUT2D eigenvalue weighted by Crippen LogP contribution is -2.27. The Kier molecular flexibility index (Phi) is 4.94. The quantitative estimate of drug-likeness (QED) is 0.547. The van der Waals surface area contributed by atoms with Gasteiger partial charge in [-0.3, -0.25) is 14.9 Å². The molecule has 1 aromatic heterocycles. The number of halogens is 1. The highest BCUT2D eigenvalue weighted by Gasteiger charge is 2.22. The fourth-order valence-corrected chi connectivity index (χ4v) is 2.63. The molecule has 0 aliphatic rings. The van der Waals surface area contributed by atoms with Crippen molar-refractivity contribution in [3.05, 3.63) is 81.4 Å². The topological polar surface area (TPSA) is 103 Å². The lowest BCUT2D eigenvalue weighted by Gasteiger charge is -2.15. The number of nitrogens with one attached hydrogen (secondary N) is 1. The van der Waals surface area contributed by atoms with Crippen LogP contribution < -0.4 is 5.32 Å². The number of rotatable bonds is 5. The molecular formula is C17H14ClN5O3. The second-order valence-electron chi connectivity index (χ2n) is 5.55. The van der Waals surface area contributed by atoms with Crippen molar-refractivity contribution in [2.45, 2.75) is 13.0 Å². The minimum Gasteiger partial charge on any atom is -0.345 e. The number of nitrogens with zero attached hydrogens (tertiary/aromatic N) is 4. The van der Waals surface area contributed by atoms with Crippen molar-refractivity contribution < 1.29 is 9.72 Å². The number of aromatic nitrogens is 3. The van der Waals surface area contributed by atoms with E-state index in [0.717, 1.165) is 17.3 Å². The molecule has 26 heavy (non-hydrogen) atoms. The average molecular weight is 372 g/mol. The predicted molar refractivity (Wildman–Crippen MR) is 95.3 cm³/mol. The van der Waals surface area contributed by atoms with Crippen LogP contribution in [0.1, 0.15) is 28.9 Å². The van der Waals surface area contributed by atoms with Crippen molar-refractivity contribution in [2.24, 2.45) is 0 Å². The van der Waals surface area contributed by atoms with Gasteiger partial charge in [0.15, 0.2) is 0 Å². The smallest absolute Gasteiger partial charge is 0.283 e. The summed E-state index contributed by atoms with van der Waals surface area (Å²) >= 11 is 5.78. The number of nitro benzene ring substituents is 1. The van der Waals surface area contributed by atoms with Crippen molar-refractivity contribution in [3.63, 3.8) is 0 Å². The largest absolute Gasteiger partial charge is 0.345 e. The molecule has 132 valence electrons. The highest BCUT2D eigenvalue weighted by atomic mass is 35.5. The van der Waals surface area contributed by atoms with Crippen LogP contribution in [-0.2, 0) is 0 Å². The summed E-state index contributed by atoms with van der Waals surface area (Å²) in [5, 5.41) is 18.1. The fourth-order valence-electron chi connectivity index (χ4n) is 2.46. The van der Waals surface area contributed by atoms with Crippen LogP contribution in [0.4, 0.5) is 5.69 Å². The zero-order chi connectivity index (χ0) is 18.7. The first kappa shape index (κ1) is 17.6. The minimum atomic E-state index is -0.627. The second kappa shape index (κ2) is 7.32. The van der Waals surface area contributed by atoms with E-state index in [9.17, 15) is 14.9 Å². The van der Waals surface area contributed by atoms with Crippen LogP contribution in [0.5, 0.6) is 0 Å². The third-order valence-electron chi connectivity index (χ3n) is 3.83. The van der Waals surface area contributed by atoms with Crippen LogP contribution in [0.2, 0.25) is 5.02 Å². The Labute approximate surface area is 153 Å². The Balaban J connectivity index is 1.76. The third kappa shape index (κ3) is 3.70. The molecule has 0 saturated carbocycles. The Bertz CT molecular complexity index is 942. The molecule has 0 radical (unpaired) electrons. The van der Waals surface area contributed by atoms with Gasteiger partial charge >= 0.3 is 0 Å². The standard InChI is InChI=1S/C17H14ClN5O3/c1-11(12-2-5-14(6-3-12)22-10-19-9-20-22)21-17(24)15-7-4-13(18)8-16(15)23(25)26/h2-11H,1H3,(H,21,24). The predicted octanol–water partition coefficient (Wildman–Crippen LogP) is 3.32. The van der Waals surface area contributed by atoms with E-state index in [1.165, 1.54) is 18.5 Å². The number of carbonyl (C=O) groups is 1. The third-order valence-corrected chi connectivity index (χ3v) is 4.06. The summed E-state index contributed by atoms with van der Waals surface area (Å²) in [5.41, 5.74) is 1.31. The van der Waals surface area contributed by atoms with Gasteiger partial charge in [0.25, 0.3) is 11.6 Å². The molecule has 0 aliphatic heterocycles. The number of amides is 1. The Hall–Kier alpha value is -3.26. The van der Waals surface area contributed by atoms with Gasteiger partial charge in [0.05, 0.1) is 16.7 Å². The number of nitro groups is 1. The molecule has 2 aromatic carbocycles. The molecule has 8 nitrogen and oxygen atoms in total. The van der Waals surface area contributed by atoms with Gasteiger partial charge < -0.3 is 5.32 Å². The molecule has 1 atom stereocenters. The van der Waals surface area contributed by atoms with Crippen molar-refractivity contribution >= 4 is 23.2 Å². The van der Waals surface area contributed by atoms with Gasteiger partial charge in [0.1, 0.15) is 18.2 Å². The van der Waals surface area contributed by atoms with Gasteiger partial charge in [-0.15, -0.1) is 0 Å². The zero-order valence-corrected chi connectivity index (χ0v) is 14.4. The van der Waals surface area contributed by atoms with Crippen molar-refractivity contribution in [1.29, 1.82) is 0 Å². The van der Waals surface area contributed by atoms with E-state index in [4.69, 9.17) is 11.6 Å². The highest BCUT2D eigenvalue weighted by molar-refractivity contribution is 6.31. The van der Waals surface area contributed by atoms with E-state index in [1.54, 1.807) is 17.9 Å². The van der Waals surface area contributed by atoms with Gasteiger partial charge in [-0.1, -0.05) is 23.7 Å². The molecule has 9 heteroatoms. The normalized spacial score (nSPS) is 11.8. The van der Waals surface area contributed by atoms with E-state index in [2.05, 4.69) is 15.4 Å². The Morgan fingerprint density at radius 2 is 2.00 bits per heavy atom. The maximum Gasteiger partial charge on any atom is 0.283 e. The van der Waals surface area contributed by atoms with Crippen molar-refractivity contribution in [1.82, 2.24) is 20.1 Å². The second-order valence-corrected chi connectivity index (χ2v) is 5.98. The van der Waals surface area contributed by atoms with Crippen LogP contribution in [0, 0.1) is 10.1 Å². The number of hydrogen-bond donors (Lipinski definition) is 1. The monoisotopic (exact) mass is 371 g/mol. The van der Waals surface area contributed by atoms with E-state index in [0.29, 0.717) is 0 Å². The van der Waals surface area contributed by atoms with Gasteiger partial charge in [-0.2, -0.15) is 5.10 Å². The molecule has 0 bridgehead atoms. The summed E-state index contributed by atoms with van der Waals surface area (Å²) in [7, 11) is 0. The van der Waals surface area contributed by atoms with Crippen LogP contribution >= 0.6 is 11.6 Å². The first-order valence-corrected chi connectivity index (χ1v) is 8.03. The molecule has 1 N–H and O–H groups in total. The molecule has 1 unspecified atom stereocenters. The summed E-state index contributed by atoms with van der Waals surface area (Å²) in [6, 6.07) is 11.0.